The summed E-state index contributed by atoms with van der Waals surface area (Å²) >= 11 is 0. The molecule has 3 fully saturated rings. The lowest BCUT2D eigenvalue weighted by atomic mass is 9.91. The molecule has 3 aliphatic rings. The van der Waals surface area contributed by atoms with Crippen LogP contribution in [0.1, 0.15) is 26.7 Å². The van der Waals surface area contributed by atoms with Crippen molar-refractivity contribution in [3.05, 3.63) is 0 Å². The molecular formula is C13H27N3. The van der Waals surface area contributed by atoms with Crippen LogP contribution in [0.3, 0.4) is 0 Å². The smallest absolute Gasteiger partial charge is 0.0377 e. The second kappa shape index (κ2) is 5.48. The Morgan fingerprint density at radius 1 is 1.25 bits per heavy atom. The van der Waals surface area contributed by atoms with E-state index in [1.807, 2.05) is 0 Å². The molecule has 0 saturated carbocycles. The highest BCUT2D eigenvalue weighted by Gasteiger charge is 2.36. The fourth-order valence-corrected chi connectivity index (χ4v) is 3.11. The number of hydrogen-bond donors (Lipinski definition) is 1. The Bertz CT molecular complexity index is 211. The maximum absolute atomic E-state index is 3.55. The topological polar surface area (TPSA) is 18.5 Å². The second-order valence-corrected chi connectivity index (χ2v) is 5.55. The molecule has 16 heavy (non-hydrogen) atoms. The molecule has 0 radical (unpaired) electrons. The number of piperazine rings is 3. The van der Waals surface area contributed by atoms with E-state index in [2.05, 4.69) is 36.0 Å². The number of rotatable bonds is 5. The molecule has 0 aromatic heterocycles. The summed E-state index contributed by atoms with van der Waals surface area (Å²) in [4.78, 5) is 5.33. The third kappa shape index (κ3) is 2.58. The summed E-state index contributed by atoms with van der Waals surface area (Å²) in [5.74, 6) is 0.842. The van der Waals surface area contributed by atoms with Gasteiger partial charge in [0.2, 0.25) is 0 Å². The maximum Gasteiger partial charge on any atom is 0.0377 e. The van der Waals surface area contributed by atoms with Crippen LogP contribution in [0.4, 0.5) is 0 Å². The van der Waals surface area contributed by atoms with Crippen molar-refractivity contribution >= 4 is 0 Å². The van der Waals surface area contributed by atoms with Gasteiger partial charge < -0.3 is 5.32 Å². The van der Waals surface area contributed by atoms with Crippen LogP contribution in [0.2, 0.25) is 0 Å². The minimum absolute atomic E-state index is 0.679. The second-order valence-electron chi connectivity index (χ2n) is 5.55. The highest BCUT2D eigenvalue weighted by atomic mass is 15.4. The molecule has 3 aliphatic heterocycles. The Hall–Kier alpha value is -0.120. The van der Waals surface area contributed by atoms with Crippen molar-refractivity contribution in [1.29, 1.82) is 0 Å². The van der Waals surface area contributed by atoms with Gasteiger partial charge in [0.1, 0.15) is 0 Å². The fourth-order valence-electron chi connectivity index (χ4n) is 3.11. The molecule has 0 aromatic rings. The van der Waals surface area contributed by atoms with Gasteiger partial charge >= 0.3 is 0 Å². The van der Waals surface area contributed by atoms with Gasteiger partial charge in [0.15, 0.2) is 0 Å². The monoisotopic (exact) mass is 225 g/mol. The molecule has 3 heteroatoms. The molecule has 0 amide bonds. The van der Waals surface area contributed by atoms with E-state index >= 15 is 0 Å². The first-order chi connectivity index (χ1) is 7.74. The standard InChI is InChI=1S/C13H27N3/c1-4-11(2)9-12(14-3)13-10-15-5-7-16(13)8-6-15/h11-14H,4-10H2,1-3H3. The van der Waals surface area contributed by atoms with Crippen LogP contribution < -0.4 is 5.32 Å². The van der Waals surface area contributed by atoms with E-state index < -0.39 is 0 Å². The van der Waals surface area contributed by atoms with E-state index in [9.17, 15) is 0 Å². The molecule has 94 valence electrons. The summed E-state index contributed by atoms with van der Waals surface area (Å²) in [7, 11) is 2.13. The Morgan fingerprint density at radius 2 is 1.94 bits per heavy atom. The minimum Gasteiger partial charge on any atom is -0.315 e. The average Bonchev–Trinajstić information content (AvgIpc) is 2.36. The van der Waals surface area contributed by atoms with Crippen LogP contribution in [0.15, 0.2) is 0 Å². The quantitative estimate of drug-likeness (QED) is 0.753. The molecule has 1 N–H and O–H groups in total. The van der Waals surface area contributed by atoms with Crippen LogP contribution in [-0.4, -0.2) is 61.7 Å². The molecule has 3 heterocycles. The number of nitrogens with one attached hydrogen (secondary N) is 1. The Balaban J connectivity index is 1.93. The molecule has 3 saturated heterocycles. The first kappa shape index (κ1) is 12.3. The number of likely N-dealkylation sites (N-methyl/N-ethyl adjacent to an activating group) is 1. The Morgan fingerprint density at radius 3 is 2.38 bits per heavy atom. The van der Waals surface area contributed by atoms with Crippen LogP contribution in [-0.2, 0) is 0 Å². The number of nitrogens with zero attached hydrogens (tertiary/aromatic N) is 2. The normalized spacial score (nSPS) is 37.3. The summed E-state index contributed by atoms with van der Waals surface area (Å²) in [5.41, 5.74) is 0. The summed E-state index contributed by atoms with van der Waals surface area (Å²) < 4.78 is 0. The lowest BCUT2D eigenvalue weighted by molar-refractivity contribution is -0.00545. The van der Waals surface area contributed by atoms with Crippen LogP contribution in [0, 0.1) is 5.92 Å². The molecule has 0 aliphatic carbocycles. The summed E-state index contributed by atoms with van der Waals surface area (Å²) in [6.45, 7) is 11.1. The summed E-state index contributed by atoms with van der Waals surface area (Å²) in [6.07, 6.45) is 2.62. The largest absolute Gasteiger partial charge is 0.315 e. The van der Waals surface area contributed by atoms with Gasteiger partial charge in [-0.1, -0.05) is 20.3 Å². The lowest BCUT2D eigenvalue weighted by Gasteiger charge is -2.50. The lowest BCUT2D eigenvalue weighted by Crippen LogP contribution is -2.66. The molecule has 3 rings (SSSR count). The van der Waals surface area contributed by atoms with E-state index in [4.69, 9.17) is 0 Å². The van der Waals surface area contributed by atoms with E-state index in [0.29, 0.717) is 6.04 Å². The van der Waals surface area contributed by atoms with Crippen LogP contribution >= 0.6 is 0 Å². The van der Waals surface area contributed by atoms with Crippen molar-refractivity contribution in [2.45, 2.75) is 38.8 Å². The van der Waals surface area contributed by atoms with Crippen LogP contribution in [0.25, 0.3) is 0 Å². The number of hydrogen-bond acceptors (Lipinski definition) is 3. The summed E-state index contributed by atoms with van der Waals surface area (Å²) in [5, 5.41) is 3.55. The van der Waals surface area contributed by atoms with Gasteiger partial charge in [-0.25, -0.2) is 0 Å². The third-order valence-electron chi connectivity index (χ3n) is 4.51. The number of fused-ring (bicyclic) bond motifs is 3. The molecule has 0 spiro atoms. The van der Waals surface area contributed by atoms with Gasteiger partial charge in [-0.2, -0.15) is 0 Å². The van der Waals surface area contributed by atoms with Gasteiger partial charge in [-0.15, -0.1) is 0 Å². The fraction of sp³-hybridized carbons (Fsp3) is 1.00. The third-order valence-corrected chi connectivity index (χ3v) is 4.51. The van der Waals surface area contributed by atoms with Gasteiger partial charge in [-0.05, 0) is 19.4 Å². The summed E-state index contributed by atoms with van der Waals surface area (Å²) in [6, 6.07) is 1.43. The van der Waals surface area contributed by atoms with E-state index in [1.165, 1.54) is 45.6 Å². The van der Waals surface area contributed by atoms with Gasteiger partial charge in [0.05, 0.1) is 0 Å². The first-order valence-corrected chi connectivity index (χ1v) is 6.88. The predicted molar refractivity (Wildman–Crippen MR) is 68.7 cm³/mol. The molecule has 3 nitrogen and oxygen atoms in total. The van der Waals surface area contributed by atoms with Crippen molar-refractivity contribution in [1.82, 2.24) is 15.1 Å². The predicted octanol–water partition coefficient (Wildman–Crippen LogP) is 1.01. The Labute approximate surface area is 100 Å². The van der Waals surface area contributed by atoms with Crippen molar-refractivity contribution in [3.8, 4) is 0 Å². The first-order valence-electron chi connectivity index (χ1n) is 6.88. The minimum atomic E-state index is 0.679. The molecule has 3 unspecified atom stereocenters. The van der Waals surface area contributed by atoms with E-state index in [1.54, 1.807) is 0 Å². The van der Waals surface area contributed by atoms with Gasteiger partial charge in [0.25, 0.3) is 0 Å². The van der Waals surface area contributed by atoms with E-state index in [-0.39, 0.29) is 0 Å². The van der Waals surface area contributed by atoms with Crippen molar-refractivity contribution < 1.29 is 0 Å². The van der Waals surface area contributed by atoms with Gasteiger partial charge in [0, 0.05) is 44.8 Å². The molecule has 3 atom stereocenters. The van der Waals surface area contributed by atoms with E-state index in [0.717, 1.165) is 12.0 Å². The molecule has 0 aromatic carbocycles. The van der Waals surface area contributed by atoms with Crippen molar-refractivity contribution in [2.24, 2.45) is 5.92 Å². The molecular weight excluding hydrogens is 198 g/mol. The zero-order valence-corrected chi connectivity index (χ0v) is 11.1. The highest BCUT2D eigenvalue weighted by molar-refractivity contribution is 4.94. The average molecular weight is 225 g/mol. The van der Waals surface area contributed by atoms with Crippen LogP contribution in [0.5, 0.6) is 0 Å². The zero-order valence-electron chi connectivity index (χ0n) is 11.1. The zero-order chi connectivity index (χ0) is 11.5. The van der Waals surface area contributed by atoms with Gasteiger partial charge in [-0.3, -0.25) is 9.80 Å². The highest BCUT2D eigenvalue weighted by Crippen LogP contribution is 2.22. The van der Waals surface area contributed by atoms with Crippen molar-refractivity contribution in [2.75, 3.05) is 39.8 Å². The SMILES string of the molecule is CCC(C)CC(NC)C1CN2CCN1CC2. The molecule has 2 bridgehead atoms. The maximum atomic E-state index is 3.55. The Kier molecular flexibility index (Phi) is 4.22. The van der Waals surface area contributed by atoms with Crippen molar-refractivity contribution in [3.63, 3.8) is 0 Å².